The summed E-state index contributed by atoms with van der Waals surface area (Å²) in [4.78, 5) is 16.3. The fraction of sp³-hybridized carbons (Fsp3) is 0.294. The summed E-state index contributed by atoms with van der Waals surface area (Å²) in [6.45, 7) is 1.74. The van der Waals surface area contributed by atoms with Crippen LogP contribution >= 0.6 is 12.4 Å². The molecule has 2 aromatic rings. The van der Waals surface area contributed by atoms with Gasteiger partial charge in [0.15, 0.2) is 0 Å². The maximum atomic E-state index is 12.3. The van der Waals surface area contributed by atoms with Crippen LogP contribution < -0.4 is 20.5 Å². The van der Waals surface area contributed by atoms with Gasteiger partial charge < -0.3 is 25.3 Å². The third-order valence-corrected chi connectivity index (χ3v) is 3.03. The van der Waals surface area contributed by atoms with Gasteiger partial charge in [0.1, 0.15) is 19.0 Å². The van der Waals surface area contributed by atoms with Crippen LogP contribution in [0.4, 0.5) is 5.69 Å². The number of hydrogen-bond acceptors (Lipinski definition) is 6. The molecule has 0 radical (unpaired) electrons. The molecule has 1 aromatic heterocycles. The van der Waals surface area contributed by atoms with Crippen molar-refractivity contribution in [2.45, 2.75) is 0 Å². The Balaban J connectivity index is 0.00000312. The van der Waals surface area contributed by atoms with Crippen molar-refractivity contribution < 1.29 is 19.0 Å². The molecule has 8 heteroatoms. The number of anilines is 1. The first-order valence-electron chi connectivity index (χ1n) is 7.55. The maximum Gasteiger partial charge on any atom is 0.255 e. The first-order valence-corrected chi connectivity index (χ1v) is 7.55. The quantitative estimate of drug-likeness (QED) is 0.659. The second kappa shape index (κ2) is 11.2. The molecule has 1 amide bonds. The molecule has 0 spiro atoms. The van der Waals surface area contributed by atoms with Gasteiger partial charge in [-0.1, -0.05) is 0 Å². The Hall–Kier alpha value is -2.35. The van der Waals surface area contributed by atoms with Gasteiger partial charge in [-0.05, 0) is 30.3 Å². The summed E-state index contributed by atoms with van der Waals surface area (Å²) in [6, 6.07) is 10.3. The second-order valence-electron chi connectivity index (χ2n) is 4.84. The Morgan fingerprint density at radius 3 is 2.56 bits per heavy atom. The molecule has 0 aliphatic rings. The molecule has 3 N–H and O–H groups in total. The lowest BCUT2D eigenvalue weighted by molar-refractivity contribution is 0.102. The smallest absolute Gasteiger partial charge is 0.255 e. The van der Waals surface area contributed by atoms with Crippen LogP contribution in [0.1, 0.15) is 10.4 Å². The highest BCUT2D eigenvalue weighted by molar-refractivity contribution is 6.04. The SMILES string of the molecule is COCCOc1cc(C(=O)Nc2ccc(OCCN)cc2)ccn1.Cl. The van der Waals surface area contributed by atoms with Gasteiger partial charge in [-0.25, -0.2) is 4.98 Å². The van der Waals surface area contributed by atoms with Gasteiger partial charge >= 0.3 is 0 Å². The number of carbonyl (C=O) groups excluding carboxylic acids is 1. The van der Waals surface area contributed by atoms with Crippen molar-refractivity contribution in [2.24, 2.45) is 5.73 Å². The monoisotopic (exact) mass is 367 g/mol. The number of nitrogens with two attached hydrogens (primary N) is 1. The fourth-order valence-electron chi connectivity index (χ4n) is 1.87. The highest BCUT2D eigenvalue weighted by atomic mass is 35.5. The Kier molecular flexibility index (Phi) is 9.31. The van der Waals surface area contributed by atoms with Gasteiger partial charge in [-0.2, -0.15) is 0 Å². The fourth-order valence-corrected chi connectivity index (χ4v) is 1.87. The third kappa shape index (κ3) is 6.96. The van der Waals surface area contributed by atoms with Gasteiger partial charge in [0, 0.05) is 37.2 Å². The number of ether oxygens (including phenoxy) is 3. The minimum atomic E-state index is -0.246. The Morgan fingerprint density at radius 2 is 1.88 bits per heavy atom. The van der Waals surface area contributed by atoms with Crippen LogP contribution in [0.3, 0.4) is 0 Å². The minimum Gasteiger partial charge on any atom is -0.492 e. The Bertz CT molecular complexity index is 653. The molecule has 0 unspecified atom stereocenters. The summed E-state index contributed by atoms with van der Waals surface area (Å²) >= 11 is 0. The zero-order chi connectivity index (χ0) is 17.2. The number of nitrogens with zero attached hydrogens (tertiary/aromatic N) is 1. The number of amides is 1. The zero-order valence-electron chi connectivity index (χ0n) is 13.9. The van der Waals surface area contributed by atoms with Crippen LogP contribution in [-0.2, 0) is 4.74 Å². The topological polar surface area (TPSA) is 95.7 Å². The number of methoxy groups -OCH3 is 1. The van der Waals surface area contributed by atoms with Crippen LogP contribution in [-0.4, -0.2) is 44.4 Å². The molecule has 0 atom stereocenters. The molecule has 0 aliphatic carbocycles. The van der Waals surface area contributed by atoms with Gasteiger partial charge in [0.2, 0.25) is 5.88 Å². The molecule has 2 rings (SSSR count). The number of rotatable bonds is 9. The van der Waals surface area contributed by atoms with E-state index in [2.05, 4.69) is 10.3 Å². The van der Waals surface area contributed by atoms with Crippen molar-refractivity contribution in [1.82, 2.24) is 4.98 Å². The van der Waals surface area contributed by atoms with Crippen molar-refractivity contribution in [3.05, 3.63) is 48.2 Å². The molecular formula is C17H22ClN3O4. The Morgan fingerprint density at radius 1 is 1.12 bits per heavy atom. The van der Waals surface area contributed by atoms with Gasteiger partial charge in [0.05, 0.1) is 6.61 Å². The molecule has 0 fully saturated rings. The van der Waals surface area contributed by atoms with Gasteiger partial charge in [0.25, 0.3) is 5.91 Å². The molecular weight excluding hydrogens is 346 g/mol. The largest absolute Gasteiger partial charge is 0.492 e. The predicted molar refractivity (Wildman–Crippen MR) is 97.8 cm³/mol. The number of aromatic nitrogens is 1. The minimum absolute atomic E-state index is 0. The van der Waals surface area contributed by atoms with Crippen LogP contribution in [0.2, 0.25) is 0 Å². The van der Waals surface area contributed by atoms with Crippen LogP contribution in [0, 0.1) is 0 Å². The number of pyridine rings is 1. The highest BCUT2D eigenvalue weighted by Gasteiger charge is 2.08. The average Bonchev–Trinajstić information content (AvgIpc) is 2.61. The van der Waals surface area contributed by atoms with Crippen molar-refractivity contribution in [2.75, 3.05) is 38.8 Å². The summed E-state index contributed by atoms with van der Waals surface area (Å²) in [6.07, 6.45) is 1.53. The van der Waals surface area contributed by atoms with E-state index in [0.29, 0.717) is 49.2 Å². The van der Waals surface area contributed by atoms with E-state index in [1.54, 1.807) is 43.5 Å². The second-order valence-corrected chi connectivity index (χ2v) is 4.84. The molecule has 25 heavy (non-hydrogen) atoms. The number of halogens is 1. The summed E-state index contributed by atoms with van der Waals surface area (Å²) in [5, 5.41) is 2.81. The number of benzene rings is 1. The van der Waals surface area contributed by atoms with E-state index in [-0.39, 0.29) is 18.3 Å². The third-order valence-electron chi connectivity index (χ3n) is 3.03. The van der Waals surface area contributed by atoms with E-state index in [1.807, 2.05) is 0 Å². The standard InChI is InChI=1S/C17H21N3O4.ClH/c1-22-10-11-24-16-12-13(6-8-19-16)17(21)20-14-2-4-15(5-3-14)23-9-7-18;/h2-6,8,12H,7,9-11,18H2,1H3,(H,20,21);1H. The lowest BCUT2D eigenvalue weighted by Crippen LogP contribution is -2.13. The maximum absolute atomic E-state index is 12.3. The van der Waals surface area contributed by atoms with E-state index in [0.717, 1.165) is 0 Å². The van der Waals surface area contributed by atoms with Crippen LogP contribution in [0.25, 0.3) is 0 Å². The lowest BCUT2D eigenvalue weighted by atomic mass is 10.2. The van der Waals surface area contributed by atoms with E-state index >= 15 is 0 Å². The number of hydrogen-bond donors (Lipinski definition) is 2. The lowest BCUT2D eigenvalue weighted by Gasteiger charge is -2.09. The number of carbonyl (C=O) groups is 1. The molecule has 0 aliphatic heterocycles. The van der Waals surface area contributed by atoms with Crippen LogP contribution in [0.5, 0.6) is 11.6 Å². The Labute approximate surface area is 152 Å². The number of nitrogens with one attached hydrogen (secondary N) is 1. The van der Waals surface area contributed by atoms with E-state index in [9.17, 15) is 4.79 Å². The van der Waals surface area contributed by atoms with Crippen molar-refractivity contribution in [1.29, 1.82) is 0 Å². The average molecular weight is 368 g/mol. The predicted octanol–water partition coefficient (Wildman–Crippen LogP) is 2.12. The van der Waals surface area contributed by atoms with E-state index < -0.39 is 0 Å². The summed E-state index contributed by atoms with van der Waals surface area (Å²) in [7, 11) is 1.59. The molecule has 0 bridgehead atoms. The van der Waals surface area contributed by atoms with Gasteiger partial charge in [-0.15, -0.1) is 12.4 Å². The van der Waals surface area contributed by atoms with Crippen LogP contribution in [0.15, 0.2) is 42.6 Å². The first-order chi connectivity index (χ1) is 11.7. The van der Waals surface area contributed by atoms with Crippen molar-refractivity contribution in [3.63, 3.8) is 0 Å². The normalized spacial score (nSPS) is 9.84. The molecule has 1 aromatic carbocycles. The highest BCUT2D eigenvalue weighted by Crippen LogP contribution is 2.17. The van der Waals surface area contributed by atoms with E-state index in [4.69, 9.17) is 19.9 Å². The molecule has 136 valence electrons. The molecule has 1 heterocycles. The molecule has 0 saturated carbocycles. The van der Waals surface area contributed by atoms with Gasteiger partial charge in [-0.3, -0.25) is 4.79 Å². The van der Waals surface area contributed by atoms with Crippen molar-refractivity contribution in [3.8, 4) is 11.6 Å². The summed E-state index contributed by atoms with van der Waals surface area (Å²) < 4.78 is 15.7. The molecule has 7 nitrogen and oxygen atoms in total. The van der Waals surface area contributed by atoms with Crippen molar-refractivity contribution >= 4 is 24.0 Å². The zero-order valence-corrected chi connectivity index (χ0v) is 14.8. The molecule has 0 saturated heterocycles. The van der Waals surface area contributed by atoms with E-state index in [1.165, 1.54) is 6.20 Å². The summed E-state index contributed by atoms with van der Waals surface area (Å²) in [5.41, 5.74) is 6.51. The summed E-state index contributed by atoms with van der Waals surface area (Å²) in [5.74, 6) is 0.839. The first kappa shape index (κ1) is 20.7.